The van der Waals surface area contributed by atoms with Crippen molar-refractivity contribution in [1.82, 2.24) is 9.80 Å². The largest absolute Gasteiger partial charge is 0.341 e. The molecule has 2 fully saturated rings. The highest BCUT2D eigenvalue weighted by Crippen LogP contribution is 2.21. The quantitative estimate of drug-likeness (QED) is 0.753. The zero-order valence-electron chi connectivity index (χ0n) is 12.0. The Morgan fingerprint density at radius 3 is 2.11 bits per heavy atom. The van der Waals surface area contributed by atoms with E-state index in [-0.39, 0.29) is 0 Å². The first-order chi connectivity index (χ1) is 8.65. The summed E-state index contributed by atoms with van der Waals surface area (Å²) in [5.74, 6) is 1.69. The number of hydrogen-bond donors (Lipinski definition) is 0. The standard InChI is InChI=1S/C15H28N2O/c1-13-9-14(2)11-17(10-13)15(18)12-16-7-5-3-4-6-8-16/h13-14H,3-12H2,1-2H3. The molecular formula is C15H28N2O. The minimum Gasteiger partial charge on any atom is -0.341 e. The first-order valence-corrected chi connectivity index (χ1v) is 7.65. The number of carbonyl (C=O) groups excluding carboxylic acids is 1. The summed E-state index contributed by atoms with van der Waals surface area (Å²) in [5, 5.41) is 0. The molecule has 0 bridgehead atoms. The molecule has 2 aliphatic rings. The van der Waals surface area contributed by atoms with Gasteiger partial charge in [-0.3, -0.25) is 9.69 Å². The lowest BCUT2D eigenvalue weighted by molar-refractivity contribution is -0.135. The summed E-state index contributed by atoms with van der Waals surface area (Å²) in [7, 11) is 0. The van der Waals surface area contributed by atoms with Crippen molar-refractivity contribution in [2.24, 2.45) is 11.8 Å². The Morgan fingerprint density at radius 1 is 1.00 bits per heavy atom. The number of carbonyl (C=O) groups is 1. The molecule has 2 heterocycles. The van der Waals surface area contributed by atoms with Crippen molar-refractivity contribution in [3.63, 3.8) is 0 Å². The van der Waals surface area contributed by atoms with Gasteiger partial charge >= 0.3 is 0 Å². The molecule has 3 nitrogen and oxygen atoms in total. The van der Waals surface area contributed by atoms with Crippen LogP contribution >= 0.6 is 0 Å². The van der Waals surface area contributed by atoms with Crippen molar-refractivity contribution in [3.8, 4) is 0 Å². The molecular weight excluding hydrogens is 224 g/mol. The van der Waals surface area contributed by atoms with E-state index in [4.69, 9.17) is 0 Å². The van der Waals surface area contributed by atoms with E-state index in [0.29, 0.717) is 24.3 Å². The fourth-order valence-electron chi connectivity index (χ4n) is 3.45. The van der Waals surface area contributed by atoms with Crippen LogP contribution in [0, 0.1) is 11.8 Å². The van der Waals surface area contributed by atoms with E-state index in [9.17, 15) is 4.79 Å². The number of rotatable bonds is 2. The number of amides is 1. The molecule has 0 N–H and O–H groups in total. The SMILES string of the molecule is CC1CC(C)CN(C(=O)CN2CCCCCC2)C1. The topological polar surface area (TPSA) is 23.6 Å². The lowest BCUT2D eigenvalue weighted by Crippen LogP contribution is -2.47. The van der Waals surface area contributed by atoms with Crippen molar-refractivity contribution < 1.29 is 4.79 Å². The van der Waals surface area contributed by atoms with Crippen LogP contribution in [0.2, 0.25) is 0 Å². The lowest BCUT2D eigenvalue weighted by Gasteiger charge is -2.36. The molecule has 0 radical (unpaired) electrons. The van der Waals surface area contributed by atoms with Crippen LogP contribution in [0.3, 0.4) is 0 Å². The van der Waals surface area contributed by atoms with Crippen LogP contribution < -0.4 is 0 Å². The maximum Gasteiger partial charge on any atom is 0.236 e. The molecule has 2 aliphatic heterocycles. The van der Waals surface area contributed by atoms with Gasteiger partial charge in [0.05, 0.1) is 6.54 Å². The zero-order chi connectivity index (χ0) is 13.0. The first-order valence-electron chi connectivity index (χ1n) is 7.65. The summed E-state index contributed by atoms with van der Waals surface area (Å²) in [5.41, 5.74) is 0. The molecule has 0 aromatic rings. The van der Waals surface area contributed by atoms with Crippen LogP contribution in [0.25, 0.3) is 0 Å². The fourth-order valence-corrected chi connectivity index (χ4v) is 3.45. The monoisotopic (exact) mass is 252 g/mol. The average Bonchev–Trinajstić information content (AvgIpc) is 2.56. The van der Waals surface area contributed by atoms with Gasteiger partial charge in [-0.1, -0.05) is 26.7 Å². The Bertz CT molecular complexity index is 262. The fraction of sp³-hybridized carbons (Fsp3) is 0.933. The van der Waals surface area contributed by atoms with Gasteiger partial charge in [-0.25, -0.2) is 0 Å². The van der Waals surface area contributed by atoms with Gasteiger partial charge in [0.25, 0.3) is 0 Å². The maximum atomic E-state index is 12.4. The summed E-state index contributed by atoms with van der Waals surface area (Å²) >= 11 is 0. The van der Waals surface area contributed by atoms with Crippen LogP contribution in [0.4, 0.5) is 0 Å². The van der Waals surface area contributed by atoms with Gasteiger partial charge in [-0.05, 0) is 44.2 Å². The molecule has 2 saturated heterocycles. The highest BCUT2D eigenvalue weighted by molar-refractivity contribution is 5.78. The molecule has 3 heteroatoms. The highest BCUT2D eigenvalue weighted by atomic mass is 16.2. The van der Waals surface area contributed by atoms with E-state index < -0.39 is 0 Å². The van der Waals surface area contributed by atoms with E-state index in [2.05, 4.69) is 23.6 Å². The van der Waals surface area contributed by atoms with Crippen molar-refractivity contribution >= 4 is 5.91 Å². The second kappa shape index (κ2) is 6.55. The predicted molar refractivity (Wildman–Crippen MR) is 74.4 cm³/mol. The van der Waals surface area contributed by atoms with Crippen LogP contribution in [-0.4, -0.2) is 48.4 Å². The Kier molecular flexibility index (Phi) is 5.04. The molecule has 2 atom stereocenters. The van der Waals surface area contributed by atoms with Crippen LogP contribution in [0.15, 0.2) is 0 Å². The van der Waals surface area contributed by atoms with E-state index in [1.165, 1.54) is 32.1 Å². The van der Waals surface area contributed by atoms with Gasteiger partial charge in [0.15, 0.2) is 0 Å². The number of likely N-dealkylation sites (tertiary alicyclic amines) is 2. The first kappa shape index (κ1) is 13.9. The summed E-state index contributed by atoms with van der Waals surface area (Å²) in [6.07, 6.45) is 6.47. The predicted octanol–water partition coefficient (Wildman–Crippen LogP) is 2.37. The molecule has 2 rings (SSSR count). The van der Waals surface area contributed by atoms with Gasteiger partial charge in [0.1, 0.15) is 0 Å². The van der Waals surface area contributed by atoms with Gasteiger partial charge in [0, 0.05) is 13.1 Å². The molecule has 0 saturated carbocycles. The number of piperidine rings is 1. The van der Waals surface area contributed by atoms with E-state index in [1.54, 1.807) is 0 Å². The summed E-state index contributed by atoms with van der Waals surface area (Å²) in [6, 6.07) is 0. The van der Waals surface area contributed by atoms with E-state index >= 15 is 0 Å². The Morgan fingerprint density at radius 2 is 1.56 bits per heavy atom. The minimum atomic E-state index is 0.357. The molecule has 104 valence electrons. The van der Waals surface area contributed by atoms with Crippen LogP contribution in [0.5, 0.6) is 0 Å². The molecule has 0 spiro atoms. The highest BCUT2D eigenvalue weighted by Gasteiger charge is 2.26. The van der Waals surface area contributed by atoms with E-state index in [1.807, 2.05) is 0 Å². The molecule has 0 aliphatic carbocycles. The third kappa shape index (κ3) is 3.98. The zero-order valence-corrected chi connectivity index (χ0v) is 12.0. The second-order valence-corrected chi connectivity index (χ2v) is 6.44. The van der Waals surface area contributed by atoms with Crippen molar-refractivity contribution in [1.29, 1.82) is 0 Å². The molecule has 2 unspecified atom stereocenters. The van der Waals surface area contributed by atoms with Crippen molar-refractivity contribution in [3.05, 3.63) is 0 Å². The minimum absolute atomic E-state index is 0.357. The van der Waals surface area contributed by atoms with E-state index in [0.717, 1.165) is 26.2 Å². The normalized spacial score (nSPS) is 31.1. The molecule has 0 aromatic heterocycles. The lowest BCUT2D eigenvalue weighted by atomic mass is 9.92. The Hall–Kier alpha value is -0.570. The Balaban J connectivity index is 1.82. The van der Waals surface area contributed by atoms with Gasteiger partial charge < -0.3 is 4.90 Å². The molecule has 1 amide bonds. The number of hydrogen-bond acceptors (Lipinski definition) is 2. The Labute approximate surface area is 112 Å². The van der Waals surface area contributed by atoms with Gasteiger partial charge in [-0.2, -0.15) is 0 Å². The summed E-state index contributed by atoms with van der Waals surface area (Å²) in [4.78, 5) is 16.8. The summed E-state index contributed by atoms with van der Waals surface area (Å²) < 4.78 is 0. The molecule has 18 heavy (non-hydrogen) atoms. The van der Waals surface area contributed by atoms with Gasteiger partial charge in [0.2, 0.25) is 5.91 Å². The average molecular weight is 252 g/mol. The molecule has 0 aromatic carbocycles. The second-order valence-electron chi connectivity index (χ2n) is 6.44. The third-order valence-corrected chi connectivity index (χ3v) is 4.28. The van der Waals surface area contributed by atoms with Crippen molar-refractivity contribution in [2.75, 3.05) is 32.7 Å². The van der Waals surface area contributed by atoms with Crippen LogP contribution in [0.1, 0.15) is 46.0 Å². The summed E-state index contributed by atoms with van der Waals surface area (Å²) in [6.45, 7) is 9.35. The van der Waals surface area contributed by atoms with Crippen molar-refractivity contribution in [2.45, 2.75) is 46.0 Å². The van der Waals surface area contributed by atoms with Gasteiger partial charge in [-0.15, -0.1) is 0 Å². The van der Waals surface area contributed by atoms with Crippen LogP contribution in [-0.2, 0) is 4.79 Å². The smallest absolute Gasteiger partial charge is 0.236 e. The maximum absolute atomic E-state index is 12.4. The third-order valence-electron chi connectivity index (χ3n) is 4.28. The number of nitrogens with zero attached hydrogens (tertiary/aromatic N) is 2.